The van der Waals surface area contributed by atoms with Gasteiger partial charge < -0.3 is 4.42 Å². The highest BCUT2D eigenvalue weighted by Crippen LogP contribution is 2.33. The van der Waals surface area contributed by atoms with Crippen molar-refractivity contribution in [2.24, 2.45) is 0 Å². The Bertz CT molecular complexity index is 1060. The molecule has 0 amide bonds. The van der Waals surface area contributed by atoms with Crippen LogP contribution in [0, 0.1) is 13.8 Å². The maximum Gasteiger partial charge on any atom is 0.269 e. The van der Waals surface area contributed by atoms with E-state index in [0.29, 0.717) is 27.3 Å². The van der Waals surface area contributed by atoms with Crippen molar-refractivity contribution in [3.05, 3.63) is 46.0 Å². The summed E-state index contributed by atoms with van der Waals surface area (Å²) in [4.78, 5) is 0. The molecule has 0 saturated heterocycles. The number of fused-ring (bicyclic) bond motifs is 1. The molecule has 0 aliphatic carbocycles. The molecule has 0 unspecified atom stereocenters. The molecule has 3 heterocycles. The molecule has 7 nitrogen and oxygen atoms in total. The van der Waals surface area contributed by atoms with Gasteiger partial charge in [-0.05, 0) is 31.5 Å². The first-order valence-corrected chi connectivity index (χ1v) is 7.76. The molecule has 0 atom stereocenters. The van der Waals surface area contributed by atoms with E-state index < -0.39 is 0 Å². The quantitative estimate of drug-likeness (QED) is 0.541. The molecular weight excluding hydrogens is 351 g/mol. The van der Waals surface area contributed by atoms with E-state index in [0.717, 1.165) is 22.5 Å². The van der Waals surface area contributed by atoms with Crippen LogP contribution < -0.4 is 0 Å². The Balaban J connectivity index is 1.96. The zero-order chi connectivity index (χ0) is 16.8. The van der Waals surface area contributed by atoms with E-state index in [2.05, 4.69) is 25.5 Å². The maximum atomic E-state index is 6.14. The highest BCUT2D eigenvalue weighted by Gasteiger charge is 2.20. The van der Waals surface area contributed by atoms with Gasteiger partial charge >= 0.3 is 0 Å². The zero-order valence-electron chi connectivity index (χ0n) is 12.7. The minimum Gasteiger partial charge on any atom is -0.422 e. The number of rotatable bonds is 2. The van der Waals surface area contributed by atoms with Crippen molar-refractivity contribution in [2.45, 2.75) is 13.8 Å². The molecule has 120 valence electrons. The lowest BCUT2D eigenvalue weighted by molar-refractivity contribution is 0.563. The summed E-state index contributed by atoms with van der Waals surface area (Å²) < 4.78 is 6.91. The van der Waals surface area contributed by atoms with Crippen LogP contribution >= 0.6 is 23.2 Å². The van der Waals surface area contributed by atoms with Crippen LogP contribution in [0.15, 0.2) is 29.0 Å². The molecule has 4 rings (SSSR count). The van der Waals surface area contributed by atoms with E-state index in [-0.39, 0.29) is 0 Å². The Morgan fingerprint density at radius 2 is 1.88 bits per heavy atom. The molecule has 4 aromatic rings. The Kier molecular flexibility index (Phi) is 3.47. The molecule has 3 aromatic heterocycles. The van der Waals surface area contributed by atoms with Gasteiger partial charge in [0.15, 0.2) is 11.3 Å². The van der Waals surface area contributed by atoms with Gasteiger partial charge in [0.2, 0.25) is 6.39 Å². The van der Waals surface area contributed by atoms with E-state index in [1.165, 1.54) is 6.39 Å². The van der Waals surface area contributed by atoms with Crippen LogP contribution in [0.5, 0.6) is 0 Å². The van der Waals surface area contributed by atoms with E-state index in [4.69, 9.17) is 27.6 Å². The van der Waals surface area contributed by atoms with E-state index in [9.17, 15) is 0 Å². The van der Waals surface area contributed by atoms with Gasteiger partial charge in [-0.15, -0.1) is 20.4 Å². The van der Waals surface area contributed by atoms with Crippen LogP contribution in [0.3, 0.4) is 0 Å². The van der Waals surface area contributed by atoms with Crippen molar-refractivity contribution in [1.29, 1.82) is 0 Å². The smallest absolute Gasteiger partial charge is 0.269 e. The standard InChI is InChI=1S/C15H10Cl2N6O/c1-7-12(9-3-4-10(16)11(17)5-9)14-20-19-13(8(2)23(14)22-7)15-21-18-6-24-15/h3-6H,1-2H3. The number of aryl methyl sites for hydroxylation is 2. The molecule has 0 N–H and O–H groups in total. The third-order valence-electron chi connectivity index (χ3n) is 3.71. The largest absolute Gasteiger partial charge is 0.422 e. The summed E-state index contributed by atoms with van der Waals surface area (Å²) >= 11 is 12.1. The number of hydrogen-bond donors (Lipinski definition) is 0. The molecule has 0 bridgehead atoms. The second kappa shape index (κ2) is 5.54. The molecular formula is C15H10Cl2N6O. The number of benzene rings is 1. The van der Waals surface area contributed by atoms with E-state index >= 15 is 0 Å². The predicted octanol–water partition coefficient (Wildman–Crippen LogP) is 3.76. The fourth-order valence-corrected chi connectivity index (χ4v) is 2.87. The van der Waals surface area contributed by atoms with Gasteiger partial charge in [-0.1, -0.05) is 29.3 Å². The summed E-state index contributed by atoms with van der Waals surface area (Å²) in [5.74, 6) is 0.297. The van der Waals surface area contributed by atoms with Crippen molar-refractivity contribution in [1.82, 2.24) is 30.0 Å². The molecule has 0 spiro atoms. The molecule has 9 heteroatoms. The summed E-state index contributed by atoms with van der Waals surface area (Å²) in [5.41, 5.74) is 4.37. The predicted molar refractivity (Wildman–Crippen MR) is 89.0 cm³/mol. The minimum atomic E-state index is 0.297. The fourth-order valence-electron chi connectivity index (χ4n) is 2.57. The first kappa shape index (κ1) is 15.0. The molecule has 0 radical (unpaired) electrons. The number of nitrogens with zero attached hydrogens (tertiary/aromatic N) is 6. The molecule has 0 aliphatic heterocycles. The van der Waals surface area contributed by atoms with Crippen molar-refractivity contribution in [3.63, 3.8) is 0 Å². The van der Waals surface area contributed by atoms with Crippen LogP contribution in [0.4, 0.5) is 0 Å². The van der Waals surface area contributed by atoms with Gasteiger partial charge in [0.1, 0.15) is 0 Å². The zero-order valence-corrected chi connectivity index (χ0v) is 14.2. The van der Waals surface area contributed by atoms with Crippen molar-refractivity contribution < 1.29 is 4.42 Å². The van der Waals surface area contributed by atoms with E-state index in [1.807, 2.05) is 19.9 Å². The third kappa shape index (κ3) is 2.24. The van der Waals surface area contributed by atoms with Crippen LogP contribution in [0.1, 0.15) is 11.4 Å². The summed E-state index contributed by atoms with van der Waals surface area (Å²) in [6, 6.07) is 5.41. The second-order valence-electron chi connectivity index (χ2n) is 5.20. The van der Waals surface area contributed by atoms with Crippen molar-refractivity contribution in [3.8, 4) is 22.7 Å². The van der Waals surface area contributed by atoms with Crippen molar-refractivity contribution in [2.75, 3.05) is 0 Å². The summed E-state index contributed by atoms with van der Waals surface area (Å²) in [6.45, 7) is 3.77. The molecule has 0 aliphatic rings. The average Bonchev–Trinajstić information content (AvgIpc) is 3.18. The first-order valence-electron chi connectivity index (χ1n) is 7.01. The second-order valence-corrected chi connectivity index (χ2v) is 6.02. The Morgan fingerprint density at radius 1 is 1.04 bits per heavy atom. The fraction of sp³-hybridized carbons (Fsp3) is 0.133. The lowest BCUT2D eigenvalue weighted by atomic mass is 10.1. The minimum absolute atomic E-state index is 0.297. The lowest BCUT2D eigenvalue weighted by Crippen LogP contribution is -2.02. The van der Waals surface area contributed by atoms with Gasteiger partial charge in [-0.25, -0.2) is 4.52 Å². The van der Waals surface area contributed by atoms with Crippen LogP contribution in [0.25, 0.3) is 28.4 Å². The first-order chi connectivity index (χ1) is 11.6. The van der Waals surface area contributed by atoms with Gasteiger partial charge in [0.25, 0.3) is 5.89 Å². The monoisotopic (exact) mass is 360 g/mol. The number of halogens is 2. The highest BCUT2D eigenvalue weighted by atomic mass is 35.5. The molecule has 1 aromatic carbocycles. The number of aromatic nitrogens is 6. The maximum absolute atomic E-state index is 6.14. The van der Waals surface area contributed by atoms with Crippen LogP contribution in [0.2, 0.25) is 10.0 Å². The third-order valence-corrected chi connectivity index (χ3v) is 4.45. The molecule has 0 fully saturated rings. The Labute approximate surface area is 146 Å². The highest BCUT2D eigenvalue weighted by molar-refractivity contribution is 6.42. The van der Waals surface area contributed by atoms with Gasteiger partial charge in [0, 0.05) is 0 Å². The van der Waals surface area contributed by atoms with Crippen LogP contribution in [-0.2, 0) is 0 Å². The molecule has 24 heavy (non-hydrogen) atoms. The van der Waals surface area contributed by atoms with Gasteiger partial charge in [0.05, 0.1) is 27.0 Å². The summed E-state index contributed by atoms with van der Waals surface area (Å²) in [6.07, 6.45) is 1.25. The van der Waals surface area contributed by atoms with Gasteiger partial charge in [-0.3, -0.25) is 0 Å². The van der Waals surface area contributed by atoms with Gasteiger partial charge in [-0.2, -0.15) is 5.10 Å². The lowest BCUT2D eigenvalue weighted by Gasteiger charge is -2.04. The summed E-state index contributed by atoms with van der Waals surface area (Å²) in [5, 5.41) is 21.6. The van der Waals surface area contributed by atoms with Crippen LogP contribution in [-0.4, -0.2) is 30.0 Å². The Hall–Kier alpha value is -2.51. The topological polar surface area (TPSA) is 82.0 Å². The summed E-state index contributed by atoms with van der Waals surface area (Å²) in [7, 11) is 0. The molecule has 0 saturated carbocycles. The SMILES string of the molecule is Cc1nn2c(C)c(-c3nnco3)nnc2c1-c1ccc(Cl)c(Cl)c1. The normalized spacial score (nSPS) is 11.3. The average molecular weight is 361 g/mol. The van der Waals surface area contributed by atoms with Crippen molar-refractivity contribution >= 4 is 28.8 Å². The Morgan fingerprint density at radius 3 is 2.58 bits per heavy atom. The number of hydrogen-bond acceptors (Lipinski definition) is 6. The van der Waals surface area contributed by atoms with E-state index in [1.54, 1.807) is 16.6 Å².